The van der Waals surface area contributed by atoms with Gasteiger partial charge in [0.25, 0.3) is 11.5 Å². The molecule has 22 heavy (non-hydrogen) atoms. The molecule has 0 bridgehead atoms. The molecule has 0 aliphatic heterocycles. The van der Waals surface area contributed by atoms with Gasteiger partial charge < -0.3 is 5.73 Å². The number of fused-ring (bicyclic) bond motifs is 1. The number of hydrogen-bond donors (Lipinski definition) is 2. The summed E-state index contributed by atoms with van der Waals surface area (Å²) in [5.74, 6) is -1.51. The van der Waals surface area contributed by atoms with Crippen LogP contribution in [0.1, 0.15) is 21.6 Å². The van der Waals surface area contributed by atoms with E-state index in [0.29, 0.717) is 22.2 Å². The van der Waals surface area contributed by atoms with Gasteiger partial charge in [-0.15, -0.1) is 0 Å². The molecule has 0 spiro atoms. The number of rotatable bonds is 3. The van der Waals surface area contributed by atoms with Crippen molar-refractivity contribution in [3.63, 3.8) is 0 Å². The van der Waals surface area contributed by atoms with Gasteiger partial charge in [0.15, 0.2) is 0 Å². The zero-order chi connectivity index (χ0) is 15.7. The zero-order valence-corrected chi connectivity index (χ0v) is 11.3. The summed E-state index contributed by atoms with van der Waals surface area (Å²) in [7, 11) is 0. The Morgan fingerprint density at radius 3 is 2.91 bits per heavy atom. The number of nitrogens with zero attached hydrogens (tertiary/aromatic N) is 2. The lowest BCUT2D eigenvalue weighted by Crippen LogP contribution is -2.14. The van der Waals surface area contributed by atoms with E-state index in [-0.39, 0.29) is 17.5 Å². The number of aromatic nitrogens is 3. The van der Waals surface area contributed by atoms with Crippen LogP contribution in [0.3, 0.4) is 0 Å². The summed E-state index contributed by atoms with van der Waals surface area (Å²) in [4.78, 5) is 27.1. The predicted molar refractivity (Wildman–Crippen MR) is 77.9 cm³/mol. The van der Waals surface area contributed by atoms with Gasteiger partial charge in [0, 0.05) is 12.6 Å². The van der Waals surface area contributed by atoms with E-state index in [1.807, 2.05) is 0 Å². The number of carbonyl (C=O) groups is 1. The van der Waals surface area contributed by atoms with Crippen molar-refractivity contribution in [3.05, 3.63) is 69.5 Å². The van der Waals surface area contributed by atoms with Crippen LogP contribution < -0.4 is 11.3 Å². The maximum atomic E-state index is 13.5. The van der Waals surface area contributed by atoms with E-state index in [0.717, 1.165) is 0 Å². The van der Waals surface area contributed by atoms with Crippen LogP contribution in [0.25, 0.3) is 10.9 Å². The minimum absolute atomic E-state index is 0.181. The molecule has 0 unspecified atom stereocenters. The second kappa shape index (κ2) is 5.36. The Morgan fingerprint density at radius 2 is 2.14 bits per heavy atom. The van der Waals surface area contributed by atoms with Crippen LogP contribution in [0, 0.1) is 5.82 Å². The lowest BCUT2D eigenvalue weighted by Gasteiger charge is -2.06. The maximum Gasteiger partial charge on any atom is 0.273 e. The Balaban J connectivity index is 2.08. The monoisotopic (exact) mass is 298 g/mol. The number of nitrogens with two attached hydrogens (primary N) is 1. The van der Waals surface area contributed by atoms with Crippen molar-refractivity contribution >= 4 is 16.8 Å². The average molecular weight is 298 g/mol. The molecule has 1 aromatic carbocycles. The van der Waals surface area contributed by atoms with Gasteiger partial charge in [-0.05, 0) is 29.8 Å². The number of amides is 1. The second-order valence-electron chi connectivity index (χ2n) is 4.75. The lowest BCUT2D eigenvalue weighted by atomic mass is 10.0. The Hall–Kier alpha value is -3.09. The summed E-state index contributed by atoms with van der Waals surface area (Å²) in [6.07, 6.45) is 1.84. The molecule has 7 heteroatoms. The van der Waals surface area contributed by atoms with E-state index >= 15 is 0 Å². The van der Waals surface area contributed by atoms with Gasteiger partial charge in [-0.2, -0.15) is 5.10 Å². The SMILES string of the molecule is NC(=O)c1cc(Cc2n[nH]c(=O)c3cccnc23)ccc1F. The summed E-state index contributed by atoms with van der Waals surface area (Å²) < 4.78 is 13.5. The molecule has 1 amide bonds. The van der Waals surface area contributed by atoms with Crippen molar-refractivity contribution in [1.29, 1.82) is 0 Å². The summed E-state index contributed by atoms with van der Waals surface area (Å²) in [5, 5.41) is 6.81. The number of hydrogen-bond acceptors (Lipinski definition) is 4. The first-order valence-corrected chi connectivity index (χ1v) is 6.47. The predicted octanol–water partition coefficient (Wildman–Crippen LogP) is 1.15. The minimum Gasteiger partial charge on any atom is -0.366 e. The molecular formula is C15H11FN4O2. The van der Waals surface area contributed by atoms with Crippen molar-refractivity contribution in [2.24, 2.45) is 5.73 Å². The number of nitrogens with one attached hydrogen (secondary N) is 1. The first-order valence-electron chi connectivity index (χ1n) is 6.47. The van der Waals surface area contributed by atoms with Crippen LogP contribution in [-0.4, -0.2) is 21.1 Å². The first kappa shape index (κ1) is 13.9. The highest BCUT2D eigenvalue weighted by molar-refractivity contribution is 5.93. The summed E-state index contributed by atoms with van der Waals surface area (Å²) in [6.45, 7) is 0. The molecule has 0 saturated heterocycles. The highest BCUT2D eigenvalue weighted by atomic mass is 19.1. The highest BCUT2D eigenvalue weighted by Gasteiger charge is 2.12. The number of halogens is 1. The van der Waals surface area contributed by atoms with Crippen molar-refractivity contribution < 1.29 is 9.18 Å². The minimum atomic E-state index is -0.836. The number of aromatic amines is 1. The van der Waals surface area contributed by atoms with Crippen LogP contribution in [0.2, 0.25) is 0 Å². The molecule has 0 aliphatic rings. The van der Waals surface area contributed by atoms with Crippen LogP contribution >= 0.6 is 0 Å². The number of H-pyrrole nitrogens is 1. The molecule has 3 rings (SSSR count). The molecule has 0 radical (unpaired) electrons. The maximum absolute atomic E-state index is 13.5. The highest BCUT2D eigenvalue weighted by Crippen LogP contribution is 2.16. The van der Waals surface area contributed by atoms with Crippen molar-refractivity contribution in [3.8, 4) is 0 Å². The topological polar surface area (TPSA) is 102 Å². The van der Waals surface area contributed by atoms with Crippen molar-refractivity contribution in [1.82, 2.24) is 15.2 Å². The fraction of sp³-hybridized carbons (Fsp3) is 0.0667. The summed E-state index contributed by atoms with van der Waals surface area (Å²) in [5.41, 5.74) is 6.26. The van der Waals surface area contributed by atoms with E-state index < -0.39 is 11.7 Å². The molecule has 6 nitrogen and oxygen atoms in total. The summed E-state index contributed by atoms with van der Waals surface area (Å²) >= 11 is 0. The largest absolute Gasteiger partial charge is 0.366 e. The van der Waals surface area contributed by atoms with Gasteiger partial charge in [0.1, 0.15) is 5.82 Å². The van der Waals surface area contributed by atoms with E-state index in [2.05, 4.69) is 15.2 Å². The van der Waals surface area contributed by atoms with Gasteiger partial charge in [-0.1, -0.05) is 6.07 Å². The summed E-state index contributed by atoms with van der Waals surface area (Å²) in [6, 6.07) is 7.38. The third-order valence-electron chi connectivity index (χ3n) is 3.29. The Kier molecular flexibility index (Phi) is 3.38. The van der Waals surface area contributed by atoms with E-state index in [9.17, 15) is 14.0 Å². The lowest BCUT2D eigenvalue weighted by molar-refractivity contribution is 0.0996. The molecule has 2 heterocycles. The number of benzene rings is 1. The van der Waals surface area contributed by atoms with Gasteiger partial charge >= 0.3 is 0 Å². The van der Waals surface area contributed by atoms with Crippen LogP contribution in [0.4, 0.5) is 4.39 Å². The van der Waals surface area contributed by atoms with Crippen LogP contribution in [0.15, 0.2) is 41.3 Å². The molecule has 3 aromatic rings. The average Bonchev–Trinajstić information content (AvgIpc) is 2.52. The van der Waals surface area contributed by atoms with E-state index in [1.165, 1.54) is 18.2 Å². The third kappa shape index (κ3) is 2.44. The molecular weight excluding hydrogens is 287 g/mol. The molecule has 3 N–H and O–H groups in total. The van der Waals surface area contributed by atoms with Crippen molar-refractivity contribution in [2.45, 2.75) is 6.42 Å². The van der Waals surface area contributed by atoms with E-state index in [4.69, 9.17) is 5.73 Å². The van der Waals surface area contributed by atoms with Gasteiger partial charge in [-0.25, -0.2) is 9.49 Å². The van der Waals surface area contributed by atoms with E-state index in [1.54, 1.807) is 18.3 Å². The van der Waals surface area contributed by atoms with Crippen molar-refractivity contribution in [2.75, 3.05) is 0 Å². The quantitative estimate of drug-likeness (QED) is 0.757. The zero-order valence-electron chi connectivity index (χ0n) is 11.3. The van der Waals surface area contributed by atoms with Crippen LogP contribution in [-0.2, 0) is 6.42 Å². The molecule has 2 aromatic heterocycles. The third-order valence-corrected chi connectivity index (χ3v) is 3.29. The number of pyridine rings is 1. The Labute approximate surface area is 123 Å². The first-order chi connectivity index (χ1) is 10.6. The van der Waals surface area contributed by atoms with Crippen LogP contribution in [0.5, 0.6) is 0 Å². The molecule has 110 valence electrons. The number of primary amides is 1. The Morgan fingerprint density at radius 1 is 1.32 bits per heavy atom. The fourth-order valence-electron chi connectivity index (χ4n) is 2.24. The molecule has 0 saturated carbocycles. The molecule has 0 atom stereocenters. The molecule has 0 aliphatic carbocycles. The van der Waals surface area contributed by atoms with Gasteiger partial charge in [-0.3, -0.25) is 14.6 Å². The van der Waals surface area contributed by atoms with Gasteiger partial charge in [0.2, 0.25) is 0 Å². The second-order valence-corrected chi connectivity index (χ2v) is 4.75. The number of carbonyl (C=O) groups excluding carboxylic acids is 1. The standard InChI is InChI=1S/C15H11FN4O2/c16-11-4-3-8(6-10(11)14(17)21)7-12-13-9(2-1-5-18-13)15(22)20-19-12/h1-6H,7H2,(H2,17,21)(H,20,22). The smallest absolute Gasteiger partial charge is 0.273 e. The molecule has 0 fully saturated rings. The van der Waals surface area contributed by atoms with Gasteiger partial charge in [0.05, 0.1) is 22.2 Å². The normalized spacial score (nSPS) is 10.8. The fourth-order valence-corrected chi connectivity index (χ4v) is 2.24. The Bertz CT molecular complexity index is 936.